The number of terminal acetylenes is 1. The first kappa shape index (κ1) is 33.5. The Labute approximate surface area is 240 Å². The number of nitrogens with one attached hydrogen (secondary N) is 1. The molecule has 0 aromatic heterocycles. The van der Waals surface area contributed by atoms with Crippen LogP contribution < -0.4 is 20.1 Å². The molecule has 0 aliphatic heterocycles. The van der Waals surface area contributed by atoms with Crippen LogP contribution in [-0.4, -0.2) is 48.9 Å². The second-order valence-electron chi connectivity index (χ2n) is 8.14. The van der Waals surface area contributed by atoms with Crippen LogP contribution in [-0.2, 0) is 25.3 Å². The van der Waals surface area contributed by atoms with Crippen LogP contribution in [0.1, 0.15) is 5.56 Å². The van der Waals surface area contributed by atoms with Gasteiger partial charge < -0.3 is 34.7 Å². The van der Waals surface area contributed by atoms with Crippen molar-refractivity contribution in [3.63, 3.8) is 0 Å². The van der Waals surface area contributed by atoms with Crippen LogP contribution in [0.25, 0.3) is 0 Å². The smallest absolute Gasteiger partial charge is 0.475 e. The molecule has 1 amide bonds. The van der Waals surface area contributed by atoms with Crippen molar-refractivity contribution in [1.29, 1.82) is 0 Å². The number of anilines is 1. The molecule has 0 heterocycles. The standard InChI is InChI=1S/C26H27N2O6P.C2HF3O2/c1-2-18-31-19-17-28-26(29)32-25(20-21-13-15-22(27)16-14-21)35(30,33-23-9-5-3-6-10-23)34-24-11-7-4-8-12-24;3-2(4,5)1(6)7/h1,3-16,25H,17-20,27H2,(H,28,29);(H,6,7). The number of alkyl carbamates (subject to hydrolysis) is 1. The Bertz CT molecular complexity index is 1310. The van der Waals surface area contributed by atoms with Crippen LogP contribution in [0.15, 0.2) is 84.9 Å². The maximum absolute atomic E-state index is 14.3. The lowest BCUT2D eigenvalue weighted by Gasteiger charge is -2.27. The quantitative estimate of drug-likeness (QED) is 0.105. The SMILES string of the molecule is C#CCOCCNC(=O)OC(Cc1ccc(N)cc1)P(=O)(Oc1ccccc1)Oc1ccccc1.O=C(O)C(F)(F)F. The Hall–Kier alpha value is -4.66. The second kappa shape index (κ2) is 16.6. The van der Waals surface area contributed by atoms with Gasteiger partial charge in [-0.2, -0.15) is 13.2 Å². The summed E-state index contributed by atoms with van der Waals surface area (Å²) in [7, 11) is -4.13. The van der Waals surface area contributed by atoms with Crippen molar-refractivity contribution in [3.8, 4) is 23.8 Å². The number of carbonyl (C=O) groups excluding carboxylic acids is 1. The topological polar surface area (TPSA) is 146 Å². The molecule has 1 unspecified atom stereocenters. The number of alkyl halides is 3. The normalized spacial score (nSPS) is 11.6. The van der Waals surface area contributed by atoms with Crippen LogP contribution in [0.4, 0.5) is 23.7 Å². The molecular weight excluding hydrogens is 580 g/mol. The van der Waals surface area contributed by atoms with Gasteiger partial charge in [0.05, 0.1) is 6.61 Å². The number of rotatable bonds is 12. The highest BCUT2D eigenvalue weighted by Gasteiger charge is 2.43. The fraction of sp³-hybridized carbons (Fsp3) is 0.214. The molecule has 224 valence electrons. The number of carbonyl (C=O) groups is 2. The van der Waals surface area contributed by atoms with E-state index in [1.165, 1.54) is 0 Å². The Morgan fingerprint density at radius 2 is 1.45 bits per heavy atom. The number of para-hydroxylation sites is 2. The largest absolute Gasteiger partial charge is 0.490 e. The Balaban J connectivity index is 0.000000782. The van der Waals surface area contributed by atoms with Gasteiger partial charge in [0.25, 0.3) is 0 Å². The predicted octanol–water partition coefficient (Wildman–Crippen LogP) is 5.50. The van der Waals surface area contributed by atoms with E-state index >= 15 is 0 Å². The van der Waals surface area contributed by atoms with Gasteiger partial charge in [0, 0.05) is 18.7 Å². The molecule has 0 bridgehead atoms. The van der Waals surface area contributed by atoms with Crippen molar-refractivity contribution in [2.45, 2.75) is 18.4 Å². The van der Waals surface area contributed by atoms with E-state index in [4.69, 9.17) is 40.6 Å². The number of aliphatic carboxylic acids is 1. The summed E-state index contributed by atoms with van der Waals surface area (Å²) in [4.78, 5) is 21.5. The number of ether oxygens (including phenoxy) is 2. The molecule has 10 nitrogen and oxygen atoms in total. The number of hydrogen-bond acceptors (Lipinski definition) is 8. The van der Waals surface area contributed by atoms with Crippen molar-refractivity contribution < 1.29 is 51.0 Å². The number of carboxylic acids is 1. The fourth-order valence-corrected chi connectivity index (χ4v) is 4.75. The number of carboxylic acid groups (broad SMARTS) is 1. The summed E-state index contributed by atoms with van der Waals surface area (Å²) in [5.41, 5.74) is 7.09. The van der Waals surface area contributed by atoms with Gasteiger partial charge in [-0.25, -0.2) is 14.2 Å². The molecule has 3 rings (SSSR count). The minimum Gasteiger partial charge on any atom is -0.475 e. The van der Waals surface area contributed by atoms with E-state index in [1.54, 1.807) is 84.9 Å². The first-order valence-electron chi connectivity index (χ1n) is 12.1. The lowest BCUT2D eigenvalue weighted by atomic mass is 10.1. The third-order valence-electron chi connectivity index (χ3n) is 4.88. The zero-order valence-corrected chi connectivity index (χ0v) is 22.9. The van der Waals surface area contributed by atoms with Gasteiger partial charge in [-0.1, -0.05) is 54.5 Å². The Morgan fingerprint density at radius 1 is 0.952 bits per heavy atom. The molecule has 4 N–H and O–H groups in total. The van der Waals surface area contributed by atoms with E-state index < -0.39 is 31.7 Å². The summed E-state index contributed by atoms with van der Waals surface area (Å²) in [5, 5.41) is 9.68. The van der Waals surface area contributed by atoms with Crippen LogP contribution in [0.5, 0.6) is 11.5 Å². The average Bonchev–Trinajstić information content (AvgIpc) is 2.94. The van der Waals surface area contributed by atoms with Gasteiger partial charge in [0.1, 0.15) is 18.1 Å². The highest BCUT2D eigenvalue weighted by Crippen LogP contribution is 2.54. The van der Waals surface area contributed by atoms with Crippen LogP contribution in [0.3, 0.4) is 0 Å². The summed E-state index contributed by atoms with van der Waals surface area (Å²) in [6.45, 7) is 0.473. The molecule has 42 heavy (non-hydrogen) atoms. The second-order valence-corrected chi connectivity index (χ2v) is 10.2. The summed E-state index contributed by atoms with van der Waals surface area (Å²) >= 11 is 0. The van der Waals surface area contributed by atoms with Crippen molar-refractivity contribution in [1.82, 2.24) is 5.32 Å². The summed E-state index contributed by atoms with van der Waals surface area (Å²) in [6.07, 6.45) is -0.692. The third kappa shape index (κ3) is 12.2. The van der Waals surface area contributed by atoms with E-state index in [0.29, 0.717) is 17.2 Å². The molecule has 14 heteroatoms. The first-order valence-corrected chi connectivity index (χ1v) is 13.7. The maximum atomic E-state index is 14.3. The Kier molecular flexibility index (Phi) is 13.2. The molecule has 0 saturated carbocycles. The monoisotopic (exact) mass is 608 g/mol. The van der Waals surface area contributed by atoms with E-state index in [0.717, 1.165) is 5.56 Å². The summed E-state index contributed by atoms with van der Waals surface area (Å²) in [6, 6.07) is 24.0. The molecule has 0 saturated heterocycles. The molecular formula is C28H28F3N2O8P. The molecule has 3 aromatic carbocycles. The van der Waals surface area contributed by atoms with Gasteiger partial charge in [-0.3, -0.25) is 0 Å². The van der Waals surface area contributed by atoms with E-state index in [1.807, 2.05) is 0 Å². The minimum absolute atomic E-state index is 0.0538. The number of nitrogens with two attached hydrogens (primary N) is 1. The van der Waals surface area contributed by atoms with Gasteiger partial charge >= 0.3 is 25.8 Å². The lowest BCUT2D eigenvalue weighted by Crippen LogP contribution is -2.34. The van der Waals surface area contributed by atoms with Crippen LogP contribution in [0, 0.1) is 12.3 Å². The fourth-order valence-electron chi connectivity index (χ4n) is 2.99. The predicted molar refractivity (Wildman–Crippen MR) is 148 cm³/mol. The highest BCUT2D eigenvalue weighted by atomic mass is 31.2. The number of hydrogen-bond donors (Lipinski definition) is 3. The average molecular weight is 609 g/mol. The van der Waals surface area contributed by atoms with Gasteiger partial charge in [-0.15, -0.1) is 6.42 Å². The van der Waals surface area contributed by atoms with Gasteiger partial charge in [0.2, 0.25) is 5.85 Å². The maximum Gasteiger partial charge on any atom is 0.490 e. The number of benzene rings is 3. The van der Waals surface area contributed by atoms with E-state index in [-0.39, 0.29) is 26.2 Å². The molecule has 0 aliphatic carbocycles. The summed E-state index contributed by atoms with van der Waals surface area (Å²) < 4.78 is 68.5. The van der Waals surface area contributed by atoms with Crippen molar-refractivity contribution in [3.05, 3.63) is 90.5 Å². The van der Waals surface area contributed by atoms with E-state index in [9.17, 15) is 22.5 Å². The number of nitrogen functional groups attached to an aromatic ring is 1. The van der Waals surface area contributed by atoms with E-state index in [2.05, 4.69) is 11.2 Å². The highest BCUT2D eigenvalue weighted by molar-refractivity contribution is 7.55. The zero-order chi connectivity index (χ0) is 31.0. The molecule has 3 aromatic rings. The van der Waals surface area contributed by atoms with Crippen molar-refractivity contribution in [2.75, 3.05) is 25.5 Å². The molecule has 0 radical (unpaired) electrons. The van der Waals surface area contributed by atoms with Crippen LogP contribution >= 0.6 is 7.60 Å². The number of halogens is 3. The van der Waals surface area contributed by atoms with Crippen LogP contribution in [0.2, 0.25) is 0 Å². The first-order chi connectivity index (χ1) is 19.9. The molecule has 0 fully saturated rings. The number of amides is 1. The molecule has 0 spiro atoms. The summed E-state index contributed by atoms with van der Waals surface area (Å²) in [5.74, 6) is -1.08. The van der Waals surface area contributed by atoms with Gasteiger partial charge in [-0.05, 0) is 42.0 Å². The molecule has 0 aliphatic rings. The third-order valence-corrected chi connectivity index (χ3v) is 6.81. The lowest BCUT2D eigenvalue weighted by molar-refractivity contribution is -0.192. The minimum atomic E-state index is -5.08. The van der Waals surface area contributed by atoms with Crippen molar-refractivity contribution in [2.24, 2.45) is 0 Å². The van der Waals surface area contributed by atoms with Gasteiger partial charge in [0.15, 0.2) is 0 Å². The zero-order valence-electron chi connectivity index (χ0n) is 22.0. The Morgan fingerprint density at radius 3 is 1.90 bits per heavy atom. The van der Waals surface area contributed by atoms with Crippen molar-refractivity contribution >= 4 is 25.3 Å². The molecule has 1 atom stereocenters.